The molecule has 2 heterocycles. The van der Waals surface area contributed by atoms with E-state index in [9.17, 15) is 14.7 Å². The summed E-state index contributed by atoms with van der Waals surface area (Å²) in [6.45, 7) is 6.29. The number of hydrogen-bond acceptors (Lipinski definition) is 4. The lowest BCUT2D eigenvalue weighted by Crippen LogP contribution is -2.35. The zero-order valence-corrected chi connectivity index (χ0v) is 14.7. The van der Waals surface area contributed by atoms with Crippen molar-refractivity contribution in [3.63, 3.8) is 0 Å². The minimum Gasteiger partial charge on any atom is -0.481 e. The van der Waals surface area contributed by atoms with Crippen molar-refractivity contribution in [1.29, 1.82) is 0 Å². The van der Waals surface area contributed by atoms with Crippen LogP contribution in [0.5, 0.6) is 0 Å². The van der Waals surface area contributed by atoms with E-state index >= 15 is 0 Å². The number of amides is 1. The van der Waals surface area contributed by atoms with Gasteiger partial charge in [0.25, 0.3) is 0 Å². The van der Waals surface area contributed by atoms with Gasteiger partial charge in [-0.2, -0.15) is 0 Å². The van der Waals surface area contributed by atoms with E-state index in [-0.39, 0.29) is 18.9 Å². The van der Waals surface area contributed by atoms with Crippen LogP contribution in [0.1, 0.15) is 30.3 Å². The largest absolute Gasteiger partial charge is 0.481 e. The van der Waals surface area contributed by atoms with Gasteiger partial charge in [0.05, 0.1) is 28.9 Å². The van der Waals surface area contributed by atoms with Gasteiger partial charge in [0.2, 0.25) is 5.91 Å². The lowest BCUT2D eigenvalue weighted by molar-refractivity contribution is -0.147. The Morgan fingerprint density at radius 2 is 1.92 bits per heavy atom. The van der Waals surface area contributed by atoms with Crippen LogP contribution >= 0.6 is 0 Å². The molecule has 132 valence electrons. The highest BCUT2D eigenvalue weighted by Gasteiger charge is 2.42. The Hall–Kier alpha value is -2.70. The first-order valence-electron chi connectivity index (χ1n) is 8.29. The van der Waals surface area contributed by atoms with E-state index in [1.165, 1.54) is 0 Å². The van der Waals surface area contributed by atoms with E-state index in [2.05, 4.69) is 10.3 Å². The number of rotatable bonds is 4. The van der Waals surface area contributed by atoms with Crippen molar-refractivity contribution < 1.29 is 14.7 Å². The molecule has 0 spiro atoms. The molecule has 1 amide bonds. The van der Waals surface area contributed by atoms with Gasteiger partial charge in [-0.15, -0.1) is 5.10 Å². The molecule has 1 aromatic carbocycles. The topological polar surface area (TPSA) is 88.3 Å². The van der Waals surface area contributed by atoms with Crippen molar-refractivity contribution in [2.75, 3.05) is 13.1 Å². The summed E-state index contributed by atoms with van der Waals surface area (Å²) in [7, 11) is 0. The smallest absolute Gasteiger partial charge is 0.311 e. The lowest BCUT2D eigenvalue weighted by Gasteiger charge is -2.19. The van der Waals surface area contributed by atoms with Crippen LogP contribution in [0.2, 0.25) is 0 Å². The molecule has 0 saturated carbocycles. The fourth-order valence-electron chi connectivity index (χ4n) is 3.06. The number of carbonyl (C=O) groups excluding carboxylic acids is 1. The van der Waals surface area contributed by atoms with Crippen LogP contribution in [0.3, 0.4) is 0 Å². The highest BCUT2D eigenvalue weighted by atomic mass is 16.4. The van der Waals surface area contributed by atoms with Crippen LogP contribution in [0, 0.1) is 19.3 Å². The Labute approximate surface area is 146 Å². The SMILES string of the molecule is Cc1ccc(-n2nnc(CC(=O)N3CCC(C)(C(=O)O)C3)c2C)cc1. The molecule has 2 aromatic rings. The van der Waals surface area contributed by atoms with Crippen LogP contribution < -0.4 is 0 Å². The zero-order valence-electron chi connectivity index (χ0n) is 14.7. The van der Waals surface area contributed by atoms with Gasteiger partial charge in [0, 0.05) is 13.1 Å². The quantitative estimate of drug-likeness (QED) is 0.914. The summed E-state index contributed by atoms with van der Waals surface area (Å²) < 4.78 is 1.72. The molecule has 0 radical (unpaired) electrons. The van der Waals surface area contributed by atoms with Crippen molar-refractivity contribution >= 4 is 11.9 Å². The molecule has 1 aromatic heterocycles. The number of aromatic nitrogens is 3. The number of hydrogen-bond donors (Lipinski definition) is 1. The van der Waals surface area contributed by atoms with Crippen molar-refractivity contribution in [3.05, 3.63) is 41.2 Å². The van der Waals surface area contributed by atoms with Gasteiger partial charge in [-0.3, -0.25) is 9.59 Å². The molecule has 3 rings (SSSR count). The maximum atomic E-state index is 12.5. The summed E-state index contributed by atoms with van der Waals surface area (Å²) in [4.78, 5) is 25.5. The average molecular weight is 342 g/mol. The third-order valence-corrected chi connectivity index (χ3v) is 4.93. The number of benzene rings is 1. The summed E-state index contributed by atoms with van der Waals surface area (Å²) in [5.74, 6) is -0.965. The number of likely N-dealkylation sites (tertiary alicyclic amines) is 1. The molecule has 7 nitrogen and oxygen atoms in total. The molecule has 1 aliphatic rings. The van der Waals surface area contributed by atoms with Crippen LogP contribution in [0.4, 0.5) is 0 Å². The number of carboxylic acids is 1. The van der Waals surface area contributed by atoms with Gasteiger partial charge in [0.1, 0.15) is 0 Å². The van der Waals surface area contributed by atoms with E-state index in [0.717, 1.165) is 16.9 Å². The van der Waals surface area contributed by atoms with Crippen LogP contribution in [0.15, 0.2) is 24.3 Å². The lowest BCUT2D eigenvalue weighted by atomic mass is 9.90. The Bertz CT molecular complexity index is 812. The first kappa shape index (κ1) is 17.1. The number of nitrogens with zero attached hydrogens (tertiary/aromatic N) is 4. The van der Waals surface area contributed by atoms with Gasteiger partial charge in [0.15, 0.2) is 0 Å². The maximum absolute atomic E-state index is 12.5. The first-order valence-corrected chi connectivity index (χ1v) is 8.29. The van der Waals surface area contributed by atoms with Gasteiger partial charge >= 0.3 is 5.97 Å². The number of aliphatic carboxylic acids is 1. The van der Waals surface area contributed by atoms with Gasteiger partial charge in [-0.1, -0.05) is 22.9 Å². The second-order valence-electron chi connectivity index (χ2n) is 6.98. The molecular formula is C18H22N4O3. The van der Waals surface area contributed by atoms with Crippen LogP contribution in [-0.4, -0.2) is 50.0 Å². The molecule has 1 atom stereocenters. The third-order valence-electron chi connectivity index (χ3n) is 4.93. The predicted octanol–water partition coefficient (Wildman–Crippen LogP) is 1.75. The van der Waals surface area contributed by atoms with E-state index in [1.807, 2.05) is 38.1 Å². The van der Waals surface area contributed by atoms with E-state index in [1.54, 1.807) is 16.5 Å². The van der Waals surface area contributed by atoms with Gasteiger partial charge in [-0.25, -0.2) is 4.68 Å². The number of aryl methyl sites for hydroxylation is 1. The fraction of sp³-hybridized carbons (Fsp3) is 0.444. The fourth-order valence-corrected chi connectivity index (χ4v) is 3.06. The average Bonchev–Trinajstić information content (AvgIpc) is 3.14. The summed E-state index contributed by atoms with van der Waals surface area (Å²) >= 11 is 0. The molecule has 1 fully saturated rings. The number of carbonyl (C=O) groups is 2. The Kier molecular flexibility index (Phi) is 4.32. The molecule has 7 heteroatoms. The molecule has 1 unspecified atom stereocenters. The maximum Gasteiger partial charge on any atom is 0.311 e. The molecule has 1 aliphatic heterocycles. The minimum atomic E-state index is -0.857. The van der Waals surface area contributed by atoms with Crippen molar-refractivity contribution in [2.45, 2.75) is 33.6 Å². The molecule has 1 saturated heterocycles. The third kappa shape index (κ3) is 3.26. The number of carboxylic acid groups (broad SMARTS) is 1. The summed E-state index contributed by atoms with van der Waals surface area (Å²) in [6.07, 6.45) is 0.608. The van der Waals surface area contributed by atoms with Crippen molar-refractivity contribution in [2.24, 2.45) is 5.41 Å². The highest BCUT2D eigenvalue weighted by Crippen LogP contribution is 2.30. The summed E-state index contributed by atoms with van der Waals surface area (Å²) in [5, 5.41) is 17.6. The normalized spacial score (nSPS) is 20.0. The Morgan fingerprint density at radius 1 is 1.24 bits per heavy atom. The predicted molar refractivity (Wildman–Crippen MR) is 91.5 cm³/mol. The summed E-state index contributed by atoms with van der Waals surface area (Å²) in [5.41, 5.74) is 2.64. The summed E-state index contributed by atoms with van der Waals surface area (Å²) in [6, 6.07) is 7.92. The van der Waals surface area contributed by atoms with Crippen LogP contribution in [-0.2, 0) is 16.0 Å². The highest BCUT2D eigenvalue weighted by molar-refractivity contribution is 5.81. The van der Waals surface area contributed by atoms with E-state index in [0.29, 0.717) is 18.7 Å². The standard InChI is InChI=1S/C18H22N4O3/c1-12-4-6-14(7-5-12)22-13(2)15(19-20-22)10-16(23)21-9-8-18(3,11-21)17(24)25/h4-7H,8-11H2,1-3H3,(H,24,25). The molecule has 0 aliphatic carbocycles. The first-order chi connectivity index (χ1) is 11.8. The van der Waals surface area contributed by atoms with E-state index < -0.39 is 11.4 Å². The second-order valence-corrected chi connectivity index (χ2v) is 6.98. The van der Waals surface area contributed by atoms with Crippen molar-refractivity contribution in [1.82, 2.24) is 19.9 Å². The monoisotopic (exact) mass is 342 g/mol. The molecule has 25 heavy (non-hydrogen) atoms. The van der Waals surface area contributed by atoms with Crippen LogP contribution in [0.25, 0.3) is 5.69 Å². The minimum absolute atomic E-state index is 0.107. The Morgan fingerprint density at radius 3 is 2.52 bits per heavy atom. The van der Waals surface area contributed by atoms with Gasteiger partial charge < -0.3 is 10.0 Å². The molecule has 0 bridgehead atoms. The second kappa shape index (κ2) is 6.31. The Balaban J connectivity index is 1.73. The molecule has 1 N–H and O–H groups in total. The van der Waals surface area contributed by atoms with E-state index in [4.69, 9.17) is 0 Å². The molecular weight excluding hydrogens is 320 g/mol. The zero-order chi connectivity index (χ0) is 18.2. The van der Waals surface area contributed by atoms with Crippen molar-refractivity contribution in [3.8, 4) is 5.69 Å². The van der Waals surface area contributed by atoms with Gasteiger partial charge in [-0.05, 0) is 39.3 Å².